The summed E-state index contributed by atoms with van der Waals surface area (Å²) in [7, 11) is 0. The van der Waals surface area contributed by atoms with Gasteiger partial charge in [0.15, 0.2) is 5.82 Å². The number of aryl methyl sites for hydroxylation is 1. The maximum Gasteiger partial charge on any atom is 0.319 e. The molecule has 7 nitrogen and oxygen atoms in total. The van der Waals surface area contributed by atoms with Gasteiger partial charge in [0.1, 0.15) is 29.9 Å². The number of nitrogens with one attached hydrogen (secondary N) is 1. The molecule has 43 heavy (non-hydrogen) atoms. The Morgan fingerprint density at radius 2 is 1.88 bits per heavy atom. The summed E-state index contributed by atoms with van der Waals surface area (Å²) in [5.41, 5.74) is 1.76. The standard InChI is InChI=1S/C34H37F2N5O2/c1-2-20-13-28-31(30(36)29(20)27-14-25(42)12-21-6-3-4-7-26(21)27)38-33(39-32(28)40-17-23-8-9-24(18-40)37-23)43-19-34-10-5-11-41(34)16-22(35)15-34/h3-4,6-7,12-14,22-24,37,42H,2,5,8-11,15-19H2,1H3/t22-,23-,24+,34+/m1/s1. The van der Waals surface area contributed by atoms with Gasteiger partial charge in [0.2, 0.25) is 0 Å². The topological polar surface area (TPSA) is 73.8 Å². The molecule has 0 spiro atoms. The van der Waals surface area contributed by atoms with E-state index < -0.39 is 12.0 Å². The van der Waals surface area contributed by atoms with E-state index in [1.165, 1.54) is 0 Å². The van der Waals surface area contributed by atoms with Gasteiger partial charge in [-0.15, -0.1) is 0 Å². The van der Waals surface area contributed by atoms with Crippen LogP contribution in [0.4, 0.5) is 14.6 Å². The molecule has 3 aromatic carbocycles. The zero-order valence-electron chi connectivity index (χ0n) is 24.5. The third-order valence-corrected chi connectivity index (χ3v) is 10.2. The molecule has 4 fully saturated rings. The van der Waals surface area contributed by atoms with E-state index in [-0.39, 0.29) is 29.4 Å². The monoisotopic (exact) mass is 585 g/mol. The zero-order chi connectivity index (χ0) is 29.3. The molecule has 4 saturated heterocycles. The molecule has 0 aliphatic carbocycles. The number of hydrogen-bond donors (Lipinski definition) is 2. The Balaban J connectivity index is 1.29. The number of aromatic nitrogens is 2. The van der Waals surface area contributed by atoms with Crippen LogP contribution in [-0.4, -0.2) is 76.6 Å². The molecule has 2 N–H and O–H groups in total. The van der Waals surface area contributed by atoms with Crippen LogP contribution >= 0.6 is 0 Å². The van der Waals surface area contributed by atoms with Gasteiger partial charge in [-0.3, -0.25) is 4.90 Å². The second-order valence-electron chi connectivity index (χ2n) is 12.9. The number of phenolic OH excluding ortho intramolecular Hbond substituents is 1. The molecule has 4 atom stereocenters. The van der Waals surface area contributed by atoms with Crippen molar-refractivity contribution in [1.82, 2.24) is 20.2 Å². The molecule has 0 radical (unpaired) electrons. The minimum Gasteiger partial charge on any atom is -0.508 e. The first-order valence-electron chi connectivity index (χ1n) is 15.7. The number of anilines is 1. The smallest absolute Gasteiger partial charge is 0.319 e. The van der Waals surface area contributed by atoms with Crippen LogP contribution < -0.4 is 15.0 Å². The Labute approximate surface area is 249 Å². The maximum absolute atomic E-state index is 17.0. The second-order valence-corrected chi connectivity index (χ2v) is 12.9. The first-order chi connectivity index (χ1) is 20.9. The van der Waals surface area contributed by atoms with Gasteiger partial charge < -0.3 is 20.1 Å². The highest BCUT2D eigenvalue weighted by atomic mass is 19.1. The molecule has 4 aliphatic rings. The molecule has 1 aromatic heterocycles. The molecule has 9 heteroatoms. The van der Waals surface area contributed by atoms with Crippen LogP contribution in [0, 0.1) is 5.82 Å². The first-order valence-corrected chi connectivity index (χ1v) is 15.7. The Bertz CT molecular complexity index is 1720. The average molecular weight is 586 g/mol. The third kappa shape index (κ3) is 4.51. The Hall–Kier alpha value is -3.56. The van der Waals surface area contributed by atoms with E-state index in [4.69, 9.17) is 14.7 Å². The number of phenols is 1. The number of piperazine rings is 1. The average Bonchev–Trinajstić information content (AvgIpc) is 3.65. The Morgan fingerprint density at radius 1 is 1.07 bits per heavy atom. The van der Waals surface area contributed by atoms with Crippen LogP contribution in [0.1, 0.15) is 44.6 Å². The molecule has 0 saturated carbocycles. The summed E-state index contributed by atoms with van der Waals surface area (Å²) >= 11 is 0. The summed E-state index contributed by atoms with van der Waals surface area (Å²) in [4.78, 5) is 14.1. The molecule has 4 aliphatic heterocycles. The number of nitrogens with zero attached hydrogens (tertiary/aromatic N) is 4. The van der Waals surface area contributed by atoms with Crippen molar-refractivity contribution < 1.29 is 18.6 Å². The van der Waals surface area contributed by atoms with Gasteiger partial charge in [-0.2, -0.15) is 9.97 Å². The highest BCUT2D eigenvalue weighted by Gasteiger charge is 2.49. The van der Waals surface area contributed by atoms with Crippen molar-refractivity contribution in [3.05, 3.63) is 53.8 Å². The molecule has 0 unspecified atom stereocenters. The number of alkyl halides is 1. The van der Waals surface area contributed by atoms with Crippen LogP contribution in [0.15, 0.2) is 42.5 Å². The van der Waals surface area contributed by atoms with Crippen LogP contribution in [0.5, 0.6) is 11.8 Å². The third-order valence-electron chi connectivity index (χ3n) is 10.2. The van der Waals surface area contributed by atoms with Crippen molar-refractivity contribution in [1.29, 1.82) is 0 Å². The minimum absolute atomic E-state index is 0.0852. The number of hydrogen-bond acceptors (Lipinski definition) is 7. The van der Waals surface area contributed by atoms with E-state index in [0.717, 1.165) is 61.7 Å². The maximum atomic E-state index is 17.0. The van der Waals surface area contributed by atoms with Crippen molar-refractivity contribution in [2.24, 2.45) is 0 Å². The highest BCUT2D eigenvalue weighted by Crippen LogP contribution is 2.43. The summed E-state index contributed by atoms with van der Waals surface area (Å²) in [6.07, 6.45) is 4.28. The predicted octanol–water partition coefficient (Wildman–Crippen LogP) is 5.75. The van der Waals surface area contributed by atoms with Crippen LogP contribution in [-0.2, 0) is 6.42 Å². The lowest BCUT2D eigenvalue weighted by Crippen LogP contribution is -2.51. The molecule has 2 bridgehead atoms. The quantitative estimate of drug-likeness (QED) is 0.298. The molecule has 4 aromatic rings. The second kappa shape index (κ2) is 10.3. The van der Waals surface area contributed by atoms with Crippen molar-refractivity contribution >= 4 is 27.5 Å². The van der Waals surface area contributed by atoms with Crippen LogP contribution in [0.2, 0.25) is 0 Å². The molecule has 8 rings (SSSR count). The largest absolute Gasteiger partial charge is 0.508 e. The van der Waals surface area contributed by atoms with Crippen molar-refractivity contribution in [3.8, 4) is 22.9 Å². The zero-order valence-corrected chi connectivity index (χ0v) is 24.5. The summed E-state index contributed by atoms with van der Waals surface area (Å²) < 4.78 is 37.8. The highest BCUT2D eigenvalue weighted by molar-refractivity contribution is 6.02. The lowest BCUT2D eigenvalue weighted by molar-refractivity contribution is 0.107. The van der Waals surface area contributed by atoms with Gasteiger partial charge in [0.25, 0.3) is 0 Å². The molecule has 5 heterocycles. The van der Waals surface area contributed by atoms with Gasteiger partial charge >= 0.3 is 6.01 Å². The number of fused-ring (bicyclic) bond motifs is 5. The number of rotatable bonds is 6. The lowest BCUT2D eigenvalue weighted by Gasteiger charge is -2.35. The lowest BCUT2D eigenvalue weighted by atomic mass is 9.91. The van der Waals surface area contributed by atoms with E-state index >= 15 is 4.39 Å². The summed E-state index contributed by atoms with van der Waals surface area (Å²) in [5.74, 6) is 0.332. The molecular weight excluding hydrogens is 548 g/mol. The van der Waals surface area contributed by atoms with Crippen LogP contribution in [0.3, 0.4) is 0 Å². The minimum atomic E-state index is -0.863. The Kier molecular flexibility index (Phi) is 6.45. The van der Waals surface area contributed by atoms with Gasteiger partial charge in [0, 0.05) is 49.1 Å². The van der Waals surface area contributed by atoms with Crippen LogP contribution in [0.25, 0.3) is 32.8 Å². The molecular formula is C34H37F2N5O2. The summed E-state index contributed by atoms with van der Waals surface area (Å²) in [6, 6.07) is 13.9. The molecule has 224 valence electrons. The van der Waals surface area contributed by atoms with E-state index in [9.17, 15) is 9.50 Å². The van der Waals surface area contributed by atoms with E-state index in [2.05, 4.69) is 15.1 Å². The fraction of sp³-hybridized carbons (Fsp3) is 0.471. The van der Waals surface area contributed by atoms with Crippen molar-refractivity contribution in [2.45, 2.75) is 69.2 Å². The first kappa shape index (κ1) is 27.0. The van der Waals surface area contributed by atoms with Gasteiger partial charge in [-0.1, -0.05) is 31.2 Å². The number of aromatic hydroxyl groups is 1. The number of halogens is 2. The van der Waals surface area contributed by atoms with E-state index in [1.54, 1.807) is 12.1 Å². The van der Waals surface area contributed by atoms with Gasteiger partial charge in [-0.05, 0) is 78.7 Å². The van der Waals surface area contributed by atoms with Crippen molar-refractivity contribution in [2.75, 3.05) is 37.7 Å². The Morgan fingerprint density at radius 3 is 2.70 bits per heavy atom. The van der Waals surface area contributed by atoms with E-state index in [0.29, 0.717) is 53.8 Å². The summed E-state index contributed by atoms with van der Waals surface area (Å²) in [6.45, 7) is 5.17. The normalized spacial score (nSPS) is 27.0. The van der Waals surface area contributed by atoms with E-state index in [1.807, 2.05) is 37.3 Å². The van der Waals surface area contributed by atoms with Gasteiger partial charge in [-0.25, -0.2) is 8.78 Å². The predicted molar refractivity (Wildman–Crippen MR) is 164 cm³/mol. The number of benzene rings is 3. The fourth-order valence-electron chi connectivity index (χ4n) is 8.24. The number of ether oxygens (including phenoxy) is 1. The summed E-state index contributed by atoms with van der Waals surface area (Å²) in [5, 5.41) is 16.7. The van der Waals surface area contributed by atoms with Crippen molar-refractivity contribution in [3.63, 3.8) is 0 Å². The SMILES string of the molecule is CCc1cc2c(N3C[C@H]4CC[C@@H](C3)N4)nc(OC[C@@]34CCCN3C[C@H](F)C4)nc2c(F)c1-c1cc(O)cc2ccccc12. The molecule has 0 amide bonds. The van der Waals surface area contributed by atoms with Gasteiger partial charge in [0.05, 0.1) is 5.54 Å². The fourth-order valence-corrected chi connectivity index (χ4v) is 8.24.